The van der Waals surface area contributed by atoms with Gasteiger partial charge in [-0.2, -0.15) is 13.2 Å². The second-order valence-electron chi connectivity index (χ2n) is 8.39. The first-order valence-corrected chi connectivity index (χ1v) is 11.0. The minimum absolute atomic E-state index is 0.0436. The zero-order chi connectivity index (χ0) is 23.6. The van der Waals surface area contributed by atoms with Gasteiger partial charge in [-0.15, -0.1) is 0 Å². The predicted molar refractivity (Wildman–Crippen MR) is 116 cm³/mol. The van der Waals surface area contributed by atoms with Crippen LogP contribution >= 0.6 is 0 Å². The Balaban J connectivity index is 1.51. The average Bonchev–Trinajstić information content (AvgIpc) is 3.44. The fourth-order valence-corrected chi connectivity index (χ4v) is 4.48. The van der Waals surface area contributed by atoms with Crippen LogP contribution < -0.4 is 4.74 Å². The van der Waals surface area contributed by atoms with Gasteiger partial charge in [-0.05, 0) is 54.2 Å². The molecule has 0 atom stereocenters. The summed E-state index contributed by atoms with van der Waals surface area (Å²) in [4.78, 5) is 14.3. The van der Waals surface area contributed by atoms with Gasteiger partial charge in [0.15, 0.2) is 5.82 Å². The summed E-state index contributed by atoms with van der Waals surface area (Å²) in [7, 11) is 1.27. The lowest BCUT2D eigenvalue weighted by molar-refractivity contribution is -0.140. The summed E-state index contributed by atoms with van der Waals surface area (Å²) < 4.78 is 66.1. The van der Waals surface area contributed by atoms with Crippen molar-refractivity contribution in [1.29, 1.82) is 0 Å². The van der Waals surface area contributed by atoms with Crippen molar-refractivity contribution in [2.75, 3.05) is 7.11 Å². The van der Waals surface area contributed by atoms with E-state index >= 15 is 0 Å². The number of carbonyl (C=O) groups excluding carboxylic acids is 1. The number of H-pyrrole nitrogens is 1. The minimum atomic E-state index is -4.43. The van der Waals surface area contributed by atoms with Crippen LogP contribution in [-0.4, -0.2) is 18.1 Å². The lowest BCUT2D eigenvalue weighted by Gasteiger charge is -2.19. The Bertz CT molecular complexity index is 1150. The molecule has 0 spiro atoms. The Morgan fingerprint density at radius 2 is 1.88 bits per heavy atom. The molecule has 8 heteroatoms. The number of rotatable bonds is 7. The SMILES string of the molecule is COC(=O)CCc1[nH]c2ccc(OCc3ccc(C4CCCC4)c(C(F)(F)F)c3)cc2c1F. The highest BCUT2D eigenvalue weighted by molar-refractivity contribution is 5.83. The van der Waals surface area contributed by atoms with Crippen molar-refractivity contribution in [1.82, 2.24) is 4.98 Å². The number of hydrogen-bond donors (Lipinski definition) is 1. The third-order valence-electron chi connectivity index (χ3n) is 6.21. The predicted octanol–water partition coefficient (Wildman–Crippen LogP) is 6.67. The molecule has 0 saturated heterocycles. The maximum atomic E-state index is 14.7. The van der Waals surface area contributed by atoms with Gasteiger partial charge < -0.3 is 14.5 Å². The molecular weight excluding hydrogens is 438 g/mol. The number of ether oxygens (including phenoxy) is 2. The molecule has 33 heavy (non-hydrogen) atoms. The number of hydrogen-bond acceptors (Lipinski definition) is 3. The number of fused-ring (bicyclic) bond motifs is 1. The third kappa shape index (κ3) is 5.15. The van der Waals surface area contributed by atoms with Crippen LogP contribution in [0.1, 0.15) is 60.4 Å². The molecule has 2 aromatic carbocycles. The van der Waals surface area contributed by atoms with Crippen LogP contribution in [-0.2, 0) is 28.7 Å². The summed E-state index contributed by atoms with van der Waals surface area (Å²) in [6.45, 7) is -0.0687. The fraction of sp³-hybridized carbons (Fsp3) is 0.400. The Morgan fingerprint density at radius 1 is 1.12 bits per heavy atom. The monoisotopic (exact) mass is 463 g/mol. The van der Waals surface area contributed by atoms with Gasteiger partial charge in [0.2, 0.25) is 0 Å². The van der Waals surface area contributed by atoms with Crippen LogP contribution in [0.3, 0.4) is 0 Å². The van der Waals surface area contributed by atoms with E-state index in [-0.39, 0.29) is 31.1 Å². The van der Waals surface area contributed by atoms with Crippen LogP contribution in [0.5, 0.6) is 5.75 Å². The van der Waals surface area contributed by atoms with E-state index < -0.39 is 23.5 Å². The smallest absolute Gasteiger partial charge is 0.416 e. The van der Waals surface area contributed by atoms with Gasteiger partial charge in [0.1, 0.15) is 12.4 Å². The molecule has 1 aliphatic carbocycles. The number of carbonyl (C=O) groups is 1. The molecule has 0 amide bonds. The normalized spacial score (nSPS) is 14.7. The molecule has 1 fully saturated rings. The second-order valence-corrected chi connectivity index (χ2v) is 8.39. The van der Waals surface area contributed by atoms with Crippen LogP contribution in [0.4, 0.5) is 17.6 Å². The molecule has 1 N–H and O–H groups in total. The van der Waals surface area contributed by atoms with E-state index in [0.717, 1.165) is 31.7 Å². The Labute approximate surface area is 188 Å². The largest absolute Gasteiger partial charge is 0.489 e. The number of aromatic amines is 1. The molecule has 3 aromatic rings. The van der Waals surface area contributed by atoms with E-state index in [0.29, 0.717) is 27.8 Å². The van der Waals surface area contributed by atoms with Crippen molar-refractivity contribution in [3.8, 4) is 5.75 Å². The maximum Gasteiger partial charge on any atom is 0.416 e. The number of methoxy groups -OCH3 is 1. The van der Waals surface area contributed by atoms with Crippen molar-refractivity contribution in [3.05, 3.63) is 64.6 Å². The van der Waals surface area contributed by atoms with Crippen LogP contribution in [0.2, 0.25) is 0 Å². The van der Waals surface area contributed by atoms with Gasteiger partial charge in [0.25, 0.3) is 0 Å². The third-order valence-corrected chi connectivity index (χ3v) is 6.21. The molecule has 1 aliphatic rings. The summed E-state index contributed by atoms with van der Waals surface area (Å²) in [5.41, 5.74) is 0.985. The van der Waals surface area contributed by atoms with Gasteiger partial charge in [0, 0.05) is 17.3 Å². The number of aromatic nitrogens is 1. The molecule has 1 aromatic heterocycles. The summed E-state index contributed by atoms with van der Waals surface area (Å²) in [5, 5.41) is 0.292. The average molecular weight is 463 g/mol. The van der Waals surface area contributed by atoms with Crippen LogP contribution in [0.15, 0.2) is 36.4 Å². The van der Waals surface area contributed by atoms with E-state index in [9.17, 15) is 22.4 Å². The van der Waals surface area contributed by atoms with Crippen molar-refractivity contribution in [3.63, 3.8) is 0 Å². The number of nitrogens with one attached hydrogen (secondary N) is 1. The van der Waals surface area contributed by atoms with E-state index in [1.165, 1.54) is 13.2 Å². The zero-order valence-electron chi connectivity index (χ0n) is 18.2. The van der Waals surface area contributed by atoms with Crippen molar-refractivity contribution < 1.29 is 31.8 Å². The number of aryl methyl sites for hydroxylation is 1. The number of halogens is 4. The molecule has 4 nitrogen and oxygen atoms in total. The molecular formula is C25H25F4NO3. The molecule has 1 saturated carbocycles. The first-order valence-electron chi connectivity index (χ1n) is 11.0. The second kappa shape index (κ2) is 9.45. The molecule has 176 valence electrons. The van der Waals surface area contributed by atoms with E-state index in [1.54, 1.807) is 24.3 Å². The Hall–Kier alpha value is -3.03. The van der Waals surface area contributed by atoms with E-state index in [2.05, 4.69) is 9.72 Å². The topological polar surface area (TPSA) is 51.3 Å². The van der Waals surface area contributed by atoms with Gasteiger partial charge in [-0.1, -0.05) is 25.0 Å². The highest BCUT2D eigenvalue weighted by Crippen LogP contribution is 2.42. The van der Waals surface area contributed by atoms with E-state index in [1.807, 2.05) is 0 Å². The molecule has 0 radical (unpaired) electrons. The zero-order valence-corrected chi connectivity index (χ0v) is 18.2. The van der Waals surface area contributed by atoms with Crippen molar-refractivity contribution in [2.24, 2.45) is 0 Å². The molecule has 0 bridgehead atoms. The fourth-order valence-electron chi connectivity index (χ4n) is 4.48. The Morgan fingerprint density at radius 3 is 2.58 bits per heavy atom. The first kappa shape index (κ1) is 23.1. The summed E-state index contributed by atoms with van der Waals surface area (Å²) in [6.07, 6.45) is -0.753. The van der Waals surface area contributed by atoms with Gasteiger partial charge in [-0.3, -0.25) is 4.79 Å². The van der Waals surface area contributed by atoms with Crippen LogP contribution in [0, 0.1) is 5.82 Å². The van der Waals surface area contributed by atoms with Gasteiger partial charge in [0.05, 0.1) is 24.8 Å². The number of alkyl halides is 3. The highest BCUT2D eigenvalue weighted by Gasteiger charge is 2.36. The van der Waals surface area contributed by atoms with Crippen molar-refractivity contribution >= 4 is 16.9 Å². The molecule has 0 unspecified atom stereocenters. The summed E-state index contributed by atoms with van der Waals surface area (Å²) >= 11 is 0. The number of esters is 1. The highest BCUT2D eigenvalue weighted by atomic mass is 19.4. The summed E-state index contributed by atoms with van der Waals surface area (Å²) in [6, 6.07) is 9.16. The first-order chi connectivity index (χ1) is 15.8. The minimum Gasteiger partial charge on any atom is -0.489 e. The number of benzene rings is 2. The lowest BCUT2D eigenvalue weighted by atomic mass is 9.91. The quantitative estimate of drug-likeness (QED) is 0.315. The molecule has 0 aliphatic heterocycles. The summed E-state index contributed by atoms with van der Waals surface area (Å²) in [5.74, 6) is -0.633. The van der Waals surface area contributed by atoms with Crippen molar-refractivity contribution in [2.45, 2.75) is 57.2 Å². The molecule has 1 heterocycles. The van der Waals surface area contributed by atoms with Crippen LogP contribution in [0.25, 0.3) is 10.9 Å². The maximum absolute atomic E-state index is 14.7. The Kier molecular flexibility index (Phi) is 6.63. The molecule has 4 rings (SSSR count). The van der Waals surface area contributed by atoms with Gasteiger partial charge >= 0.3 is 12.1 Å². The van der Waals surface area contributed by atoms with E-state index in [4.69, 9.17) is 4.74 Å². The van der Waals surface area contributed by atoms with Gasteiger partial charge in [-0.25, -0.2) is 4.39 Å². The standard InChI is InChI=1S/C25H25F4NO3/c1-32-23(31)11-10-22-24(26)19-13-17(7-9-21(19)30-22)33-14-15-6-8-18(16-4-2-3-5-16)20(12-15)25(27,28)29/h6-9,12-13,16,30H,2-5,10-11,14H2,1H3. The lowest BCUT2D eigenvalue weighted by Crippen LogP contribution is -2.12.